The molecule has 0 saturated heterocycles. The number of aliphatic imine (C=N–C) groups is 1. The summed E-state index contributed by atoms with van der Waals surface area (Å²) in [6, 6.07) is 10.2. The monoisotopic (exact) mass is 463 g/mol. The number of carbonyl (C=O) groups excluding carboxylic acids is 2. The summed E-state index contributed by atoms with van der Waals surface area (Å²) in [6.07, 6.45) is 1.57. The summed E-state index contributed by atoms with van der Waals surface area (Å²) in [7, 11) is 0. The normalized spacial score (nSPS) is 14.6. The fraction of sp³-hybridized carbons (Fsp3) is 0.150. The van der Waals surface area contributed by atoms with Gasteiger partial charge in [0.05, 0.1) is 11.1 Å². The van der Waals surface area contributed by atoms with Crippen molar-refractivity contribution in [2.24, 2.45) is 4.99 Å². The molecule has 3 rings (SSSR count). The van der Waals surface area contributed by atoms with Gasteiger partial charge in [-0.25, -0.2) is 9.79 Å². The Kier molecular flexibility index (Phi) is 6.16. The quantitative estimate of drug-likeness (QED) is 0.362. The summed E-state index contributed by atoms with van der Waals surface area (Å²) >= 11 is 9.24. The van der Waals surface area contributed by atoms with Crippen molar-refractivity contribution < 1.29 is 23.8 Å². The molecule has 0 radical (unpaired) electrons. The van der Waals surface area contributed by atoms with E-state index < -0.39 is 11.9 Å². The van der Waals surface area contributed by atoms with Gasteiger partial charge in [0.25, 0.3) is 0 Å². The van der Waals surface area contributed by atoms with Gasteiger partial charge >= 0.3 is 11.9 Å². The van der Waals surface area contributed by atoms with Crippen LogP contribution in [0, 0.1) is 0 Å². The van der Waals surface area contributed by atoms with E-state index in [-0.39, 0.29) is 17.3 Å². The number of rotatable bonds is 5. The molecule has 144 valence electrons. The van der Waals surface area contributed by atoms with Crippen LogP contribution in [0.15, 0.2) is 51.6 Å². The number of ether oxygens (including phenoxy) is 3. The van der Waals surface area contributed by atoms with E-state index in [4.69, 9.17) is 25.8 Å². The minimum atomic E-state index is -0.567. The molecule has 0 amide bonds. The van der Waals surface area contributed by atoms with Gasteiger partial charge in [0.1, 0.15) is 0 Å². The van der Waals surface area contributed by atoms with Crippen LogP contribution in [0.3, 0.4) is 0 Å². The van der Waals surface area contributed by atoms with Gasteiger partial charge in [-0.2, -0.15) is 0 Å². The molecule has 0 N–H and O–H groups in total. The fourth-order valence-corrected chi connectivity index (χ4v) is 3.13. The zero-order valence-corrected chi connectivity index (χ0v) is 17.3. The first kappa shape index (κ1) is 20.1. The lowest BCUT2D eigenvalue weighted by molar-refractivity contribution is -0.132. The third kappa shape index (κ3) is 4.61. The Bertz CT molecular complexity index is 998. The molecule has 0 spiro atoms. The van der Waals surface area contributed by atoms with Gasteiger partial charge in [-0.1, -0.05) is 11.6 Å². The Morgan fingerprint density at radius 2 is 2.00 bits per heavy atom. The van der Waals surface area contributed by atoms with Crippen LogP contribution in [0.4, 0.5) is 0 Å². The van der Waals surface area contributed by atoms with E-state index in [0.717, 1.165) is 0 Å². The molecule has 0 saturated carbocycles. The van der Waals surface area contributed by atoms with E-state index in [9.17, 15) is 9.59 Å². The molecule has 2 aromatic carbocycles. The Labute approximate surface area is 174 Å². The molecule has 6 nitrogen and oxygen atoms in total. The fourth-order valence-electron chi connectivity index (χ4n) is 2.46. The zero-order valence-electron chi connectivity index (χ0n) is 15.0. The molecular formula is C20H15BrClNO5. The molecule has 28 heavy (non-hydrogen) atoms. The smallest absolute Gasteiger partial charge is 0.363 e. The van der Waals surface area contributed by atoms with Gasteiger partial charge in [-0.15, -0.1) is 0 Å². The van der Waals surface area contributed by atoms with E-state index >= 15 is 0 Å². The lowest BCUT2D eigenvalue weighted by Crippen LogP contribution is -2.05. The maximum atomic E-state index is 12.2. The Morgan fingerprint density at radius 1 is 1.29 bits per heavy atom. The van der Waals surface area contributed by atoms with E-state index in [1.165, 1.54) is 6.92 Å². The number of cyclic esters (lactones) is 1. The molecule has 0 fully saturated rings. The molecule has 0 aromatic heterocycles. The third-order valence-electron chi connectivity index (χ3n) is 3.59. The largest absolute Gasteiger partial charge is 0.490 e. The second-order valence-electron chi connectivity index (χ2n) is 5.70. The number of hydrogen-bond acceptors (Lipinski definition) is 6. The average molecular weight is 465 g/mol. The van der Waals surface area contributed by atoms with Gasteiger partial charge in [-0.05, 0) is 70.9 Å². The predicted octanol–water partition coefficient (Wildman–Crippen LogP) is 4.77. The Hall–Kier alpha value is -2.64. The molecule has 1 aliphatic heterocycles. The lowest BCUT2D eigenvalue weighted by Gasteiger charge is -2.12. The number of benzene rings is 2. The highest BCUT2D eigenvalue weighted by Gasteiger charge is 2.24. The average Bonchev–Trinajstić information content (AvgIpc) is 2.99. The molecule has 1 aliphatic rings. The van der Waals surface area contributed by atoms with Crippen LogP contribution in [0.2, 0.25) is 5.02 Å². The highest BCUT2D eigenvalue weighted by molar-refractivity contribution is 9.10. The summed E-state index contributed by atoms with van der Waals surface area (Å²) in [4.78, 5) is 27.8. The van der Waals surface area contributed by atoms with Gasteiger partial charge < -0.3 is 14.2 Å². The van der Waals surface area contributed by atoms with Crippen molar-refractivity contribution in [1.82, 2.24) is 0 Å². The molecule has 0 unspecified atom stereocenters. The molecule has 8 heteroatoms. The van der Waals surface area contributed by atoms with E-state index in [1.54, 1.807) is 42.5 Å². The van der Waals surface area contributed by atoms with Crippen LogP contribution in [0.5, 0.6) is 11.5 Å². The van der Waals surface area contributed by atoms with Crippen molar-refractivity contribution in [2.45, 2.75) is 13.8 Å². The predicted molar refractivity (Wildman–Crippen MR) is 109 cm³/mol. The standard InChI is InChI=1S/C20H15BrClNO5/c1-3-26-17-10-12(8-15(21)18(17)27-11(2)24)9-16-20(25)28-19(23-16)13-4-6-14(22)7-5-13/h4-10H,3H2,1-2H3. The Morgan fingerprint density at radius 3 is 2.64 bits per heavy atom. The maximum absolute atomic E-state index is 12.2. The van der Waals surface area contributed by atoms with Crippen LogP contribution in [-0.2, 0) is 14.3 Å². The van der Waals surface area contributed by atoms with Gasteiger partial charge in [-0.3, -0.25) is 4.79 Å². The maximum Gasteiger partial charge on any atom is 0.363 e. The number of nitrogens with zero attached hydrogens (tertiary/aromatic N) is 1. The van der Waals surface area contributed by atoms with Crippen LogP contribution in [0.1, 0.15) is 25.0 Å². The molecular weight excluding hydrogens is 450 g/mol. The third-order valence-corrected chi connectivity index (χ3v) is 4.43. The highest BCUT2D eigenvalue weighted by Crippen LogP contribution is 2.38. The second-order valence-corrected chi connectivity index (χ2v) is 6.99. The minimum absolute atomic E-state index is 0.138. The van der Waals surface area contributed by atoms with E-state index in [2.05, 4.69) is 20.9 Å². The minimum Gasteiger partial charge on any atom is -0.490 e. The SMILES string of the molecule is CCOc1cc(C=C2N=C(c3ccc(Cl)cc3)OC2=O)cc(Br)c1OC(C)=O. The molecule has 0 atom stereocenters. The first-order valence-corrected chi connectivity index (χ1v) is 9.47. The first-order valence-electron chi connectivity index (χ1n) is 8.30. The molecule has 1 heterocycles. The van der Waals surface area contributed by atoms with Crippen molar-refractivity contribution in [2.75, 3.05) is 6.61 Å². The van der Waals surface area contributed by atoms with E-state index in [1.807, 2.05) is 6.92 Å². The van der Waals surface area contributed by atoms with Crippen LogP contribution in [0.25, 0.3) is 6.08 Å². The van der Waals surface area contributed by atoms with Gasteiger partial charge in [0.2, 0.25) is 5.90 Å². The summed E-state index contributed by atoms with van der Waals surface area (Å²) in [5, 5.41) is 0.575. The van der Waals surface area contributed by atoms with Crippen molar-refractivity contribution in [1.29, 1.82) is 0 Å². The number of hydrogen-bond donors (Lipinski definition) is 0. The zero-order chi connectivity index (χ0) is 20.3. The Balaban J connectivity index is 1.96. The van der Waals surface area contributed by atoms with Crippen LogP contribution >= 0.6 is 27.5 Å². The van der Waals surface area contributed by atoms with Crippen molar-refractivity contribution in [3.8, 4) is 11.5 Å². The van der Waals surface area contributed by atoms with Crippen LogP contribution in [-0.4, -0.2) is 24.4 Å². The van der Waals surface area contributed by atoms with Crippen molar-refractivity contribution in [3.05, 3.63) is 62.7 Å². The molecule has 0 aliphatic carbocycles. The lowest BCUT2D eigenvalue weighted by atomic mass is 10.1. The first-order chi connectivity index (χ1) is 13.4. The molecule has 2 aromatic rings. The van der Waals surface area contributed by atoms with Crippen molar-refractivity contribution >= 4 is 51.4 Å². The van der Waals surface area contributed by atoms with Gasteiger partial charge in [0, 0.05) is 17.5 Å². The number of carbonyl (C=O) groups is 2. The van der Waals surface area contributed by atoms with Crippen LogP contribution < -0.4 is 9.47 Å². The van der Waals surface area contributed by atoms with E-state index in [0.29, 0.717) is 33.0 Å². The molecule has 0 bridgehead atoms. The summed E-state index contributed by atoms with van der Waals surface area (Å²) < 4.78 is 16.5. The summed E-state index contributed by atoms with van der Waals surface area (Å²) in [5.74, 6) is -0.191. The summed E-state index contributed by atoms with van der Waals surface area (Å²) in [6.45, 7) is 3.49. The van der Waals surface area contributed by atoms with Gasteiger partial charge in [0.15, 0.2) is 17.2 Å². The second kappa shape index (κ2) is 8.58. The summed E-state index contributed by atoms with van der Waals surface area (Å²) in [5.41, 5.74) is 1.40. The number of esters is 2. The number of halogens is 2. The van der Waals surface area contributed by atoms with Crippen molar-refractivity contribution in [3.63, 3.8) is 0 Å². The highest BCUT2D eigenvalue weighted by atomic mass is 79.9. The topological polar surface area (TPSA) is 74.2 Å².